The molecule has 0 amide bonds. The first-order valence-electron chi connectivity index (χ1n) is 9.28. The summed E-state index contributed by atoms with van der Waals surface area (Å²) in [5, 5.41) is 0.195. The van der Waals surface area contributed by atoms with Crippen molar-refractivity contribution in [1.29, 1.82) is 0 Å². The van der Waals surface area contributed by atoms with Crippen LogP contribution in [-0.2, 0) is 14.0 Å². The molecule has 0 aromatic heterocycles. The highest BCUT2D eigenvalue weighted by Crippen LogP contribution is 2.40. The van der Waals surface area contributed by atoms with E-state index in [2.05, 4.69) is 53.1 Å². The molecule has 25 heavy (non-hydrogen) atoms. The lowest BCUT2D eigenvalue weighted by Crippen LogP contribution is -2.46. The third-order valence-electron chi connectivity index (χ3n) is 5.44. The molecule has 1 aliphatic carbocycles. The molecular formula is C21H36O3Si. The van der Waals surface area contributed by atoms with Gasteiger partial charge in [0.05, 0.1) is 12.5 Å². The van der Waals surface area contributed by atoms with Crippen molar-refractivity contribution in [2.24, 2.45) is 11.8 Å². The Kier molecular flexibility index (Phi) is 7.88. The highest BCUT2D eigenvalue weighted by atomic mass is 28.4. The van der Waals surface area contributed by atoms with Crippen LogP contribution < -0.4 is 0 Å². The van der Waals surface area contributed by atoms with Crippen LogP contribution in [0.5, 0.6) is 0 Å². The minimum Gasteiger partial charge on any atom is -0.461 e. The number of esters is 1. The molecule has 0 radical (unpaired) electrons. The van der Waals surface area contributed by atoms with Gasteiger partial charge in [-0.2, -0.15) is 0 Å². The van der Waals surface area contributed by atoms with Crippen molar-refractivity contribution in [3.8, 4) is 0 Å². The molecule has 0 spiro atoms. The zero-order valence-corrected chi connectivity index (χ0v) is 17.9. The number of allylic oxidation sites excluding steroid dienone is 1. The van der Waals surface area contributed by atoms with E-state index in [-0.39, 0.29) is 28.9 Å². The van der Waals surface area contributed by atoms with Gasteiger partial charge in [-0.3, -0.25) is 4.79 Å². The van der Waals surface area contributed by atoms with Gasteiger partial charge in [0, 0.05) is 5.92 Å². The van der Waals surface area contributed by atoms with E-state index in [1.165, 1.54) is 5.57 Å². The Morgan fingerprint density at radius 2 is 2.04 bits per heavy atom. The lowest BCUT2D eigenvalue weighted by molar-refractivity contribution is -0.143. The summed E-state index contributed by atoms with van der Waals surface area (Å²) in [6.07, 6.45) is 8.34. The molecule has 3 nitrogen and oxygen atoms in total. The smallest absolute Gasteiger partial charge is 0.306 e. The molecule has 0 saturated heterocycles. The second kappa shape index (κ2) is 8.99. The van der Waals surface area contributed by atoms with Gasteiger partial charge in [-0.15, -0.1) is 13.2 Å². The van der Waals surface area contributed by atoms with Crippen LogP contribution in [0.15, 0.2) is 37.0 Å². The summed E-state index contributed by atoms with van der Waals surface area (Å²) < 4.78 is 12.0. The van der Waals surface area contributed by atoms with Gasteiger partial charge in [-0.05, 0) is 42.5 Å². The number of carbonyl (C=O) groups is 1. The van der Waals surface area contributed by atoms with Crippen LogP contribution in [0.25, 0.3) is 0 Å². The molecule has 0 fully saturated rings. The predicted molar refractivity (Wildman–Crippen MR) is 108 cm³/mol. The fraction of sp³-hybridized carbons (Fsp3) is 0.667. The van der Waals surface area contributed by atoms with Gasteiger partial charge >= 0.3 is 5.97 Å². The van der Waals surface area contributed by atoms with Crippen molar-refractivity contribution in [2.45, 2.75) is 71.2 Å². The highest BCUT2D eigenvalue weighted by Gasteiger charge is 2.40. The first-order chi connectivity index (χ1) is 11.5. The fourth-order valence-corrected chi connectivity index (χ4v) is 3.98. The second-order valence-electron chi connectivity index (χ2n) is 8.67. The number of rotatable bonds is 8. The van der Waals surface area contributed by atoms with Crippen LogP contribution in [0.1, 0.15) is 47.0 Å². The Bertz CT molecular complexity index is 514. The van der Waals surface area contributed by atoms with Crippen LogP contribution in [0.3, 0.4) is 0 Å². The Labute approximate surface area is 155 Å². The number of carbonyl (C=O) groups excluding carboxylic acids is 1. The minimum absolute atomic E-state index is 0.149. The van der Waals surface area contributed by atoms with Crippen LogP contribution in [0.4, 0.5) is 0 Å². The van der Waals surface area contributed by atoms with Gasteiger partial charge in [0.2, 0.25) is 0 Å². The first-order valence-corrected chi connectivity index (χ1v) is 12.2. The van der Waals surface area contributed by atoms with Crippen molar-refractivity contribution in [2.75, 3.05) is 6.61 Å². The SMILES string of the molecule is C=C[C@@H]1C=C(COC(=O)C[C@@H](C)C=C)CC[C@H]1O[Si](C)(C)C(C)(C)C. The summed E-state index contributed by atoms with van der Waals surface area (Å²) in [5.41, 5.74) is 1.17. The van der Waals surface area contributed by atoms with Gasteiger partial charge in [-0.25, -0.2) is 0 Å². The van der Waals surface area contributed by atoms with Crippen LogP contribution in [0.2, 0.25) is 18.1 Å². The zero-order valence-electron chi connectivity index (χ0n) is 16.9. The largest absolute Gasteiger partial charge is 0.461 e. The molecule has 142 valence electrons. The van der Waals surface area contributed by atoms with Crippen molar-refractivity contribution in [3.63, 3.8) is 0 Å². The standard InChI is InChI=1S/C21H36O3Si/c1-9-16(3)13-20(22)23-15-17-11-12-19(18(10-2)14-17)24-25(7,8)21(4,5)6/h9-10,14,16,18-19H,1-2,11-13,15H2,3-8H3/t16-,18+,19+/m0/s1. The molecule has 4 heteroatoms. The van der Waals surface area contributed by atoms with E-state index in [1.54, 1.807) is 6.08 Å². The maximum absolute atomic E-state index is 11.8. The third-order valence-corrected chi connectivity index (χ3v) is 9.95. The Hall–Kier alpha value is -1.13. The molecule has 0 aromatic carbocycles. The maximum atomic E-state index is 11.8. The molecule has 1 aliphatic rings. The van der Waals surface area contributed by atoms with E-state index >= 15 is 0 Å². The van der Waals surface area contributed by atoms with E-state index in [4.69, 9.17) is 9.16 Å². The van der Waals surface area contributed by atoms with Crippen molar-refractivity contribution in [1.82, 2.24) is 0 Å². The molecule has 0 saturated carbocycles. The van der Waals surface area contributed by atoms with Crippen LogP contribution in [0, 0.1) is 11.8 Å². The Balaban J connectivity index is 2.65. The third kappa shape index (κ3) is 6.59. The van der Waals surface area contributed by atoms with Crippen LogP contribution in [-0.4, -0.2) is 27.0 Å². The van der Waals surface area contributed by atoms with E-state index in [1.807, 2.05) is 13.0 Å². The van der Waals surface area contributed by atoms with E-state index in [0.29, 0.717) is 13.0 Å². The topological polar surface area (TPSA) is 35.5 Å². The summed E-state index contributed by atoms with van der Waals surface area (Å²) in [5.74, 6) is 0.169. The van der Waals surface area contributed by atoms with Gasteiger partial charge in [-0.1, -0.05) is 45.9 Å². The molecule has 0 bridgehead atoms. The molecule has 0 aromatic rings. The van der Waals surface area contributed by atoms with Gasteiger partial charge in [0.25, 0.3) is 0 Å². The van der Waals surface area contributed by atoms with E-state index < -0.39 is 8.32 Å². The van der Waals surface area contributed by atoms with Crippen molar-refractivity contribution < 1.29 is 14.0 Å². The molecule has 1 rings (SSSR count). The van der Waals surface area contributed by atoms with Gasteiger partial charge in [0.1, 0.15) is 6.61 Å². The number of hydrogen-bond donors (Lipinski definition) is 0. The van der Waals surface area contributed by atoms with Gasteiger partial charge < -0.3 is 9.16 Å². The lowest BCUT2D eigenvalue weighted by atomic mass is 9.88. The molecular weight excluding hydrogens is 328 g/mol. The molecule has 0 unspecified atom stereocenters. The van der Waals surface area contributed by atoms with Crippen molar-refractivity contribution >= 4 is 14.3 Å². The highest BCUT2D eigenvalue weighted by molar-refractivity contribution is 6.74. The average Bonchev–Trinajstić information content (AvgIpc) is 2.52. The quantitative estimate of drug-likeness (QED) is 0.317. The summed E-state index contributed by atoms with van der Waals surface area (Å²) in [4.78, 5) is 11.8. The molecule has 0 N–H and O–H groups in total. The van der Waals surface area contributed by atoms with Gasteiger partial charge in [0.15, 0.2) is 8.32 Å². The van der Waals surface area contributed by atoms with Crippen molar-refractivity contribution in [3.05, 3.63) is 37.0 Å². The summed E-state index contributed by atoms with van der Waals surface area (Å²) >= 11 is 0. The summed E-state index contributed by atoms with van der Waals surface area (Å²) in [6.45, 7) is 21.4. The Morgan fingerprint density at radius 3 is 2.56 bits per heavy atom. The molecule has 0 aliphatic heterocycles. The number of ether oxygens (including phenoxy) is 1. The van der Waals surface area contributed by atoms with E-state index in [0.717, 1.165) is 12.8 Å². The fourth-order valence-electron chi connectivity index (χ4n) is 2.59. The van der Waals surface area contributed by atoms with E-state index in [9.17, 15) is 4.79 Å². The zero-order chi connectivity index (χ0) is 19.3. The monoisotopic (exact) mass is 364 g/mol. The molecule has 0 heterocycles. The predicted octanol–water partition coefficient (Wildman–Crippen LogP) is 5.65. The Morgan fingerprint density at radius 1 is 1.40 bits per heavy atom. The normalized spacial score (nSPS) is 22.7. The average molecular weight is 365 g/mol. The maximum Gasteiger partial charge on any atom is 0.306 e. The molecule has 3 atom stereocenters. The summed E-state index contributed by atoms with van der Waals surface area (Å²) in [7, 11) is -1.80. The lowest BCUT2D eigenvalue weighted by Gasteiger charge is -2.42. The number of hydrogen-bond acceptors (Lipinski definition) is 3. The summed E-state index contributed by atoms with van der Waals surface area (Å²) in [6, 6.07) is 0. The first kappa shape index (κ1) is 21.9. The van der Waals surface area contributed by atoms with Crippen LogP contribution >= 0.6 is 0 Å². The minimum atomic E-state index is -1.80. The second-order valence-corrected chi connectivity index (χ2v) is 13.4.